The number of rotatable bonds is 2. The molecule has 0 aliphatic heterocycles. The van der Waals surface area contributed by atoms with Crippen molar-refractivity contribution in [3.8, 4) is 5.75 Å². The number of nitrogens with zero attached hydrogens (tertiary/aromatic N) is 2. The second-order valence-corrected chi connectivity index (χ2v) is 5.85. The zero-order valence-electron chi connectivity index (χ0n) is 9.75. The minimum absolute atomic E-state index is 0.218. The van der Waals surface area contributed by atoms with E-state index >= 15 is 0 Å². The van der Waals surface area contributed by atoms with Crippen LogP contribution < -0.4 is 0 Å². The summed E-state index contributed by atoms with van der Waals surface area (Å²) in [5, 5.41) is 10.3. The molecule has 0 bridgehead atoms. The molecule has 0 atom stereocenters. The molecule has 19 heavy (non-hydrogen) atoms. The summed E-state index contributed by atoms with van der Waals surface area (Å²) in [5.41, 5.74) is 1.61. The van der Waals surface area contributed by atoms with Crippen molar-refractivity contribution in [2.24, 2.45) is 4.99 Å². The fourth-order valence-electron chi connectivity index (χ4n) is 1.66. The zero-order valence-corrected chi connectivity index (χ0v) is 12.1. The van der Waals surface area contributed by atoms with Gasteiger partial charge < -0.3 is 5.11 Å². The van der Waals surface area contributed by atoms with Crippen molar-refractivity contribution in [2.45, 2.75) is 0 Å². The lowest BCUT2D eigenvalue weighted by Crippen LogP contribution is -1.80. The average molecular weight is 333 g/mol. The number of thiazole rings is 1. The van der Waals surface area contributed by atoms with Gasteiger partial charge >= 0.3 is 0 Å². The molecule has 0 spiro atoms. The standard InChI is InChI=1S/C14H9BrN2OS/c15-10-5-6-11-13(7-10)19-14(17-11)16-8-9-3-1-2-4-12(9)18/h1-8,18H/b16-8+. The van der Waals surface area contributed by atoms with Crippen LogP contribution >= 0.6 is 27.3 Å². The van der Waals surface area contributed by atoms with Gasteiger partial charge in [0, 0.05) is 16.3 Å². The fourth-order valence-corrected chi connectivity index (χ4v) is 3.03. The van der Waals surface area contributed by atoms with Crippen molar-refractivity contribution in [3.63, 3.8) is 0 Å². The van der Waals surface area contributed by atoms with Gasteiger partial charge in [0.2, 0.25) is 5.13 Å². The summed E-state index contributed by atoms with van der Waals surface area (Å²) in [6.45, 7) is 0. The molecule has 0 saturated carbocycles. The highest BCUT2D eigenvalue weighted by atomic mass is 79.9. The van der Waals surface area contributed by atoms with Crippen LogP contribution in [0.5, 0.6) is 5.75 Å². The first-order valence-electron chi connectivity index (χ1n) is 5.60. The van der Waals surface area contributed by atoms with Gasteiger partial charge in [-0.25, -0.2) is 9.98 Å². The Morgan fingerprint density at radius 3 is 2.89 bits per heavy atom. The highest BCUT2D eigenvalue weighted by molar-refractivity contribution is 9.10. The lowest BCUT2D eigenvalue weighted by atomic mass is 10.2. The van der Waals surface area contributed by atoms with E-state index in [1.165, 1.54) is 11.3 Å². The van der Waals surface area contributed by atoms with Crippen LogP contribution in [-0.2, 0) is 0 Å². The average Bonchev–Trinajstić information content (AvgIpc) is 2.79. The first-order chi connectivity index (χ1) is 9.22. The Kier molecular flexibility index (Phi) is 3.31. The monoisotopic (exact) mass is 332 g/mol. The summed E-state index contributed by atoms with van der Waals surface area (Å²) in [6, 6.07) is 13.0. The van der Waals surface area contributed by atoms with Gasteiger partial charge in [-0.05, 0) is 30.3 Å². The molecule has 0 unspecified atom stereocenters. The normalized spacial score (nSPS) is 11.4. The summed E-state index contributed by atoms with van der Waals surface area (Å²) in [7, 11) is 0. The van der Waals surface area contributed by atoms with Crippen LogP contribution in [0.1, 0.15) is 5.56 Å². The number of hydrogen-bond acceptors (Lipinski definition) is 4. The van der Waals surface area contributed by atoms with Crippen LogP contribution in [-0.4, -0.2) is 16.3 Å². The van der Waals surface area contributed by atoms with E-state index < -0.39 is 0 Å². The van der Waals surface area contributed by atoms with E-state index in [1.54, 1.807) is 18.3 Å². The van der Waals surface area contributed by atoms with Gasteiger partial charge in [-0.3, -0.25) is 0 Å². The highest BCUT2D eigenvalue weighted by Gasteiger charge is 2.03. The van der Waals surface area contributed by atoms with E-state index in [9.17, 15) is 5.11 Å². The number of benzene rings is 2. The molecule has 0 radical (unpaired) electrons. The van der Waals surface area contributed by atoms with E-state index in [1.807, 2.05) is 30.3 Å². The van der Waals surface area contributed by atoms with E-state index in [2.05, 4.69) is 25.9 Å². The van der Waals surface area contributed by atoms with Crippen molar-refractivity contribution in [1.82, 2.24) is 4.98 Å². The molecule has 0 fully saturated rings. The van der Waals surface area contributed by atoms with Crippen LogP contribution in [0, 0.1) is 0 Å². The van der Waals surface area contributed by atoms with Crippen LogP contribution in [0.3, 0.4) is 0 Å². The molecule has 1 N–H and O–H groups in total. The number of aromatic nitrogens is 1. The third-order valence-electron chi connectivity index (χ3n) is 2.59. The molecule has 2 aromatic carbocycles. The summed E-state index contributed by atoms with van der Waals surface area (Å²) >= 11 is 4.95. The summed E-state index contributed by atoms with van der Waals surface area (Å²) in [6.07, 6.45) is 1.63. The third-order valence-corrected chi connectivity index (χ3v) is 4.01. The van der Waals surface area contributed by atoms with E-state index in [0.717, 1.165) is 14.7 Å². The van der Waals surface area contributed by atoms with Gasteiger partial charge in [0.1, 0.15) is 5.75 Å². The number of halogens is 1. The Labute approximate surface area is 122 Å². The smallest absolute Gasteiger partial charge is 0.210 e. The number of aromatic hydroxyl groups is 1. The number of para-hydroxylation sites is 1. The maximum absolute atomic E-state index is 9.65. The minimum atomic E-state index is 0.218. The van der Waals surface area contributed by atoms with Gasteiger partial charge in [-0.2, -0.15) is 0 Å². The Hall–Kier alpha value is -1.72. The molecule has 3 aromatic rings. The van der Waals surface area contributed by atoms with Crippen molar-refractivity contribution in [2.75, 3.05) is 0 Å². The molecule has 3 rings (SSSR count). The molecule has 0 aliphatic rings. The van der Waals surface area contributed by atoms with Crippen LogP contribution in [0.4, 0.5) is 5.13 Å². The second-order valence-electron chi connectivity index (χ2n) is 3.93. The fraction of sp³-hybridized carbons (Fsp3) is 0. The number of fused-ring (bicyclic) bond motifs is 1. The number of aliphatic imine (C=N–C) groups is 1. The lowest BCUT2D eigenvalue weighted by Gasteiger charge is -1.95. The first kappa shape index (κ1) is 12.3. The summed E-state index contributed by atoms with van der Waals surface area (Å²) in [5.74, 6) is 0.218. The predicted molar refractivity (Wildman–Crippen MR) is 82.7 cm³/mol. The molecule has 0 aliphatic carbocycles. The minimum Gasteiger partial charge on any atom is -0.507 e. The topological polar surface area (TPSA) is 45.5 Å². The van der Waals surface area contributed by atoms with Crippen molar-refractivity contribution < 1.29 is 5.11 Å². The van der Waals surface area contributed by atoms with Gasteiger partial charge in [0.25, 0.3) is 0 Å². The Bertz CT molecular complexity index is 767. The Morgan fingerprint density at radius 2 is 2.05 bits per heavy atom. The van der Waals surface area contributed by atoms with Crippen LogP contribution in [0.15, 0.2) is 51.9 Å². The molecular weight excluding hydrogens is 324 g/mol. The maximum Gasteiger partial charge on any atom is 0.210 e. The maximum atomic E-state index is 9.65. The second kappa shape index (κ2) is 5.11. The van der Waals surface area contributed by atoms with Crippen molar-refractivity contribution >= 4 is 48.8 Å². The Morgan fingerprint density at radius 1 is 1.21 bits per heavy atom. The van der Waals surface area contributed by atoms with E-state index in [4.69, 9.17) is 0 Å². The quantitative estimate of drug-likeness (QED) is 0.701. The molecular formula is C14H9BrN2OS. The molecule has 5 heteroatoms. The third kappa shape index (κ3) is 2.67. The molecule has 1 aromatic heterocycles. The summed E-state index contributed by atoms with van der Waals surface area (Å²) in [4.78, 5) is 8.73. The molecule has 94 valence electrons. The first-order valence-corrected chi connectivity index (χ1v) is 7.21. The number of phenols is 1. The van der Waals surface area contributed by atoms with Crippen LogP contribution in [0.2, 0.25) is 0 Å². The van der Waals surface area contributed by atoms with Crippen molar-refractivity contribution in [1.29, 1.82) is 0 Å². The van der Waals surface area contributed by atoms with Gasteiger partial charge in [-0.15, -0.1) is 0 Å². The van der Waals surface area contributed by atoms with E-state index in [-0.39, 0.29) is 5.75 Å². The SMILES string of the molecule is Oc1ccccc1/C=N/c1nc2ccc(Br)cc2s1. The number of phenolic OH excluding ortho intramolecular Hbond substituents is 1. The Balaban J connectivity index is 1.95. The van der Waals surface area contributed by atoms with Gasteiger partial charge in [-0.1, -0.05) is 39.4 Å². The largest absolute Gasteiger partial charge is 0.507 e. The molecule has 0 saturated heterocycles. The summed E-state index contributed by atoms with van der Waals surface area (Å²) < 4.78 is 2.11. The number of hydrogen-bond donors (Lipinski definition) is 1. The zero-order chi connectivity index (χ0) is 13.2. The van der Waals surface area contributed by atoms with E-state index in [0.29, 0.717) is 10.7 Å². The molecule has 1 heterocycles. The molecule has 0 amide bonds. The lowest BCUT2D eigenvalue weighted by molar-refractivity contribution is 0.474. The van der Waals surface area contributed by atoms with Gasteiger partial charge in [0.05, 0.1) is 10.2 Å². The van der Waals surface area contributed by atoms with Crippen molar-refractivity contribution in [3.05, 3.63) is 52.5 Å². The van der Waals surface area contributed by atoms with Gasteiger partial charge in [0.15, 0.2) is 0 Å². The van der Waals surface area contributed by atoms with Crippen LogP contribution in [0.25, 0.3) is 10.2 Å². The highest BCUT2D eigenvalue weighted by Crippen LogP contribution is 2.30. The molecule has 3 nitrogen and oxygen atoms in total. The predicted octanol–water partition coefficient (Wildman–Crippen LogP) is 4.52.